The highest BCUT2D eigenvalue weighted by atomic mass is 14.9. The van der Waals surface area contributed by atoms with Gasteiger partial charge in [-0.25, -0.2) is 9.97 Å². The van der Waals surface area contributed by atoms with E-state index in [1.54, 1.807) is 0 Å². The van der Waals surface area contributed by atoms with Gasteiger partial charge in [0, 0.05) is 17.0 Å². The van der Waals surface area contributed by atoms with Crippen LogP contribution in [-0.2, 0) is 0 Å². The van der Waals surface area contributed by atoms with E-state index in [0.29, 0.717) is 0 Å². The van der Waals surface area contributed by atoms with Crippen LogP contribution in [0.5, 0.6) is 0 Å². The van der Waals surface area contributed by atoms with Gasteiger partial charge in [0.2, 0.25) is 0 Å². The lowest BCUT2D eigenvalue weighted by atomic mass is 9.85. The summed E-state index contributed by atoms with van der Waals surface area (Å²) in [4.78, 5) is 9.13. The van der Waals surface area contributed by atoms with Crippen LogP contribution in [0.4, 0.5) is 0 Å². The molecule has 2 rings (SSSR count). The van der Waals surface area contributed by atoms with E-state index < -0.39 is 0 Å². The molecule has 0 spiro atoms. The molecule has 0 aliphatic rings. The van der Waals surface area contributed by atoms with Gasteiger partial charge in [-0.3, -0.25) is 0 Å². The molecule has 2 heteroatoms. The molecule has 1 aromatic heterocycles. The van der Waals surface area contributed by atoms with Crippen molar-refractivity contribution in [2.24, 2.45) is 0 Å². The summed E-state index contributed by atoms with van der Waals surface area (Å²) in [5.41, 5.74) is 11.5. The fourth-order valence-corrected chi connectivity index (χ4v) is 3.12. The zero-order chi connectivity index (χ0) is 15.2. The molecule has 0 atom stereocenters. The van der Waals surface area contributed by atoms with Crippen molar-refractivity contribution in [1.29, 1.82) is 0 Å². The molecule has 0 saturated carbocycles. The maximum absolute atomic E-state index is 4.56. The van der Waals surface area contributed by atoms with Crippen molar-refractivity contribution in [3.05, 3.63) is 45.0 Å². The third-order valence-electron chi connectivity index (χ3n) is 4.63. The van der Waals surface area contributed by atoms with E-state index in [0.717, 1.165) is 17.2 Å². The topological polar surface area (TPSA) is 25.8 Å². The predicted octanol–water partition coefficient (Wildman–Crippen LogP) is 4.61. The van der Waals surface area contributed by atoms with Crippen molar-refractivity contribution in [2.75, 3.05) is 0 Å². The third kappa shape index (κ3) is 2.13. The second-order valence-corrected chi connectivity index (χ2v) is 5.82. The van der Waals surface area contributed by atoms with Crippen LogP contribution in [-0.4, -0.2) is 9.97 Å². The van der Waals surface area contributed by atoms with Crippen LogP contribution in [0.15, 0.2) is 0 Å². The lowest BCUT2D eigenvalue weighted by Crippen LogP contribution is -2.05. The molecule has 0 aliphatic carbocycles. The van der Waals surface area contributed by atoms with E-state index in [1.807, 2.05) is 6.92 Å². The molecule has 0 saturated heterocycles. The van der Waals surface area contributed by atoms with E-state index >= 15 is 0 Å². The second kappa shape index (κ2) is 5.01. The minimum Gasteiger partial charge on any atom is -0.238 e. The first kappa shape index (κ1) is 14.7. The Morgan fingerprint density at radius 1 is 0.450 bits per heavy atom. The van der Waals surface area contributed by atoms with Crippen molar-refractivity contribution >= 4 is 0 Å². The van der Waals surface area contributed by atoms with Gasteiger partial charge >= 0.3 is 0 Å². The third-order valence-corrected chi connectivity index (χ3v) is 4.63. The first-order valence-electron chi connectivity index (χ1n) is 7.14. The Hall–Kier alpha value is -1.70. The highest BCUT2D eigenvalue weighted by Crippen LogP contribution is 2.36. The number of aromatic nitrogens is 2. The van der Waals surface area contributed by atoms with Gasteiger partial charge in [0.15, 0.2) is 0 Å². The number of benzene rings is 1. The first-order valence-corrected chi connectivity index (χ1v) is 7.14. The SMILES string of the molecule is Cc1nc(C)c(-c2c(C)c(C)c(C)c(C)c2C)c(C)n1. The monoisotopic (exact) mass is 268 g/mol. The average Bonchev–Trinajstić information content (AvgIpc) is 2.37. The van der Waals surface area contributed by atoms with Crippen LogP contribution in [0, 0.1) is 55.4 Å². The van der Waals surface area contributed by atoms with Crippen LogP contribution in [0.3, 0.4) is 0 Å². The summed E-state index contributed by atoms with van der Waals surface area (Å²) in [5, 5.41) is 0. The molecule has 0 unspecified atom stereocenters. The average molecular weight is 268 g/mol. The molecule has 0 radical (unpaired) electrons. The Morgan fingerprint density at radius 3 is 1.20 bits per heavy atom. The Labute approximate surface area is 122 Å². The summed E-state index contributed by atoms with van der Waals surface area (Å²) < 4.78 is 0. The molecule has 1 aromatic carbocycles. The Balaban J connectivity index is 2.91. The number of hydrogen-bond acceptors (Lipinski definition) is 2. The van der Waals surface area contributed by atoms with Crippen molar-refractivity contribution in [3.63, 3.8) is 0 Å². The molecular weight excluding hydrogens is 244 g/mol. The van der Waals surface area contributed by atoms with E-state index in [1.165, 1.54) is 38.9 Å². The van der Waals surface area contributed by atoms with Gasteiger partial charge in [0.05, 0.1) is 0 Å². The van der Waals surface area contributed by atoms with E-state index in [9.17, 15) is 0 Å². The largest absolute Gasteiger partial charge is 0.238 e. The standard InChI is InChI=1S/C18H24N2/c1-9-10(2)12(4)17(13(5)11(9)3)18-14(6)19-16(8)20-15(18)7/h1-8H3. The Morgan fingerprint density at radius 2 is 0.800 bits per heavy atom. The highest BCUT2D eigenvalue weighted by molar-refractivity contribution is 5.77. The van der Waals surface area contributed by atoms with E-state index in [2.05, 4.69) is 58.4 Å². The summed E-state index contributed by atoms with van der Waals surface area (Å²) in [6, 6.07) is 0. The van der Waals surface area contributed by atoms with Crippen molar-refractivity contribution in [2.45, 2.75) is 55.4 Å². The van der Waals surface area contributed by atoms with Gasteiger partial charge in [-0.05, 0) is 88.8 Å². The van der Waals surface area contributed by atoms with Gasteiger partial charge in [-0.1, -0.05) is 0 Å². The molecule has 0 bridgehead atoms. The van der Waals surface area contributed by atoms with Gasteiger partial charge in [-0.15, -0.1) is 0 Å². The Bertz CT molecular complexity index is 645. The molecule has 0 aliphatic heterocycles. The maximum Gasteiger partial charge on any atom is 0.125 e. The number of nitrogens with zero attached hydrogens (tertiary/aromatic N) is 2. The summed E-state index contributed by atoms with van der Waals surface area (Å²) >= 11 is 0. The van der Waals surface area contributed by atoms with Gasteiger partial charge < -0.3 is 0 Å². The van der Waals surface area contributed by atoms with Crippen LogP contribution < -0.4 is 0 Å². The molecule has 20 heavy (non-hydrogen) atoms. The zero-order valence-corrected chi connectivity index (χ0v) is 13.9. The summed E-state index contributed by atoms with van der Waals surface area (Å²) in [6.07, 6.45) is 0. The molecular formula is C18H24N2. The fourth-order valence-electron chi connectivity index (χ4n) is 3.12. The van der Waals surface area contributed by atoms with E-state index in [-0.39, 0.29) is 0 Å². The normalized spacial score (nSPS) is 11.0. The molecule has 0 N–H and O–H groups in total. The quantitative estimate of drug-likeness (QED) is 0.754. The summed E-state index contributed by atoms with van der Waals surface area (Å²) in [7, 11) is 0. The predicted molar refractivity (Wildman–Crippen MR) is 85.4 cm³/mol. The minimum absolute atomic E-state index is 0.847. The van der Waals surface area contributed by atoms with Crippen molar-refractivity contribution < 1.29 is 0 Å². The van der Waals surface area contributed by atoms with E-state index in [4.69, 9.17) is 0 Å². The van der Waals surface area contributed by atoms with Crippen molar-refractivity contribution in [1.82, 2.24) is 9.97 Å². The number of aryl methyl sites for hydroxylation is 3. The maximum atomic E-state index is 4.56. The lowest BCUT2D eigenvalue weighted by molar-refractivity contribution is 0.977. The van der Waals surface area contributed by atoms with Gasteiger partial charge in [0.25, 0.3) is 0 Å². The fraction of sp³-hybridized carbons (Fsp3) is 0.444. The summed E-state index contributed by atoms with van der Waals surface area (Å²) in [5.74, 6) is 0.847. The molecule has 0 amide bonds. The van der Waals surface area contributed by atoms with Gasteiger partial charge in [0.1, 0.15) is 5.82 Å². The zero-order valence-electron chi connectivity index (χ0n) is 13.9. The minimum atomic E-state index is 0.847. The molecule has 1 heterocycles. The highest BCUT2D eigenvalue weighted by Gasteiger charge is 2.18. The first-order chi connectivity index (χ1) is 9.25. The van der Waals surface area contributed by atoms with Crippen LogP contribution in [0.1, 0.15) is 45.0 Å². The summed E-state index contributed by atoms with van der Waals surface area (Å²) in [6.45, 7) is 17.2. The molecule has 2 nitrogen and oxygen atoms in total. The van der Waals surface area contributed by atoms with Gasteiger partial charge in [-0.2, -0.15) is 0 Å². The Kier molecular flexibility index (Phi) is 3.68. The van der Waals surface area contributed by atoms with Crippen molar-refractivity contribution in [3.8, 4) is 11.1 Å². The molecule has 2 aromatic rings. The van der Waals surface area contributed by atoms with Crippen LogP contribution >= 0.6 is 0 Å². The van der Waals surface area contributed by atoms with Crippen LogP contribution in [0.25, 0.3) is 11.1 Å². The number of rotatable bonds is 1. The smallest absolute Gasteiger partial charge is 0.125 e. The van der Waals surface area contributed by atoms with Crippen LogP contribution in [0.2, 0.25) is 0 Å². The number of hydrogen-bond donors (Lipinski definition) is 0. The second-order valence-electron chi connectivity index (χ2n) is 5.82. The molecule has 0 fully saturated rings. The molecule has 106 valence electrons. The lowest BCUT2D eigenvalue weighted by Gasteiger charge is -2.21.